The van der Waals surface area contributed by atoms with E-state index in [-0.39, 0.29) is 17.2 Å². The number of hydrogen-bond acceptors (Lipinski definition) is 5. The zero-order chi connectivity index (χ0) is 22.7. The summed E-state index contributed by atoms with van der Waals surface area (Å²) in [7, 11) is 1.62. The quantitative estimate of drug-likeness (QED) is 0.463. The lowest BCUT2D eigenvalue weighted by Gasteiger charge is -2.35. The van der Waals surface area contributed by atoms with Crippen molar-refractivity contribution < 1.29 is 14.3 Å². The van der Waals surface area contributed by atoms with Gasteiger partial charge in [-0.25, -0.2) is 0 Å². The summed E-state index contributed by atoms with van der Waals surface area (Å²) in [5.74, 6) is 0.265. The van der Waals surface area contributed by atoms with Crippen LogP contribution in [0, 0.1) is 0 Å². The number of ether oxygens (including phenoxy) is 1. The van der Waals surface area contributed by atoms with E-state index in [0.29, 0.717) is 16.8 Å². The van der Waals surface area contributed by atoms with Crippen molar-refractivity contribution in [2.75, 3.05) is 12.4 Å². The lowest BCUT2D eigenvalue weighted by molar-refractivity contribution is 0.102. The normalized spacial score (nSPS) is 15.4. The van der Waals surface area contributed by atoms with Crippen LogP contribution in [0.4, 0.5) is 5.69 Å². The Labute approximate surface area is 187 Å². The van der Waals surface area contributed by atoms with Gasteiger partial charge in [0.1, 0.15) is 5.75 Å². The van der Waals surface area contributed by atoms with Crippen LogP contribution in [0.25, 0.3) is 5.70 Å². The van der Waals surface area contributed by atoms with Gasteiger partial charge in [0.25, 0.3) is 5.91 Å². The summed E-state index contributed by atoms with van der Waals surface area (Å²) < 4.78 is 5.37. The maximum Gasteiger partial charge on any atom is 0.255 e. The molecule has 0 saturated carbocycles. The molecule has 2 aromatic carbocycles. The topological polar surface area (TPSA) is 80.3 Å². The first-order valence-corrected chi connectivity index (χ1v) is 10.4. The third kappa shape index (κ3) is 4.70. The first-order valence-electron chi connectivity index (χ1n) is 10.4. The summed E-state index contributed by atoms with van der Waals surface area (Å²) in [6, 6.07) is 16.0. The number of carbonyl (C=O) groups is 2. The Hall–Kier alpha value is -3.93. The molecule has 1 aliphatic rings. The van der Waals surface area contributed by atoms with Crippen LogP contribution in [0.15, 0.2) is 73.1 Å². The van der Waals surface area contributed by atoms with Gasteiger partial charge in [-0.2, -0.15) is 0 Å². The molecule has 0 saturated heterocycles. The molecule has 2 N–H and O–H groups in total. The van der Waals surface area contributed by atoms with Gasteiger partial charge >= 0.3 is 0 Å². The van der Waals surface area contributed by atoms with E-state index in [0.717, 1.165) is 29.0 Å². The number of allylic oxidation sites excluding steroid dienone is 1. The van der Waals surface area contributed by atoms with Crippen LogP contribution in [-0.2, 0) is 6.42 Å². The van der Waals surface area contributed by atoms with Crippen LogP contribution in [-0.4, -0.2) is 29.3 Å². The highest BCUT2D eigenvalue weighted by atomic mass is 16.5. The summed E-state index contributed by atoms with van der Waals surface area (Å²) in [6.07, 6.45) is 5.64. The Kier molecular flexibility index (Phi) is 5.77. The van der Waals surface area contributed by atoms with Crippen molar-refractivity contribution >= 4 is 23.1 Å². The summed E-state index contributed by atoms with van der Waals surface area (Å²) in [6.45, 7) is 4.20. The molecular formula is C26H25N3O3. The predicted octanol–water partition coefficient (Wildman–Crippen LogP) is 4.49. The van der Waals surface area contributed by atoms with Gasteiger partial charge in [0.2, 0.25) is 0 Å². The molecule has 32 heavy (non-hydrogen) atoms. The van der Waals surface area contributed by atoms with E-state index >= 15 is 0 Å². The van der Waals surface area contributed by atoms with Gasteiger partial charge in [0, 0.05) is 52.1 Å². The maximum absolute atomic E-state index is 13.1. The largest absolute Gasteiger partial charge is 0.497 e. The Morgan fingerprint density at radius 1 is 1.06 bits per heavy atom. The van der Waals surface area contributed by atoms with Crippen LogP contribution in [0.1, 0.15) is 45.7 Å². The van der Waals surface area contributed by atoms with Crippen LogP contribution < -0.4 is 15.4 Å². The molecular weight excluding hydrogens is 402 g/mol. The molecule has 1 aromatic heterocycles. The summed E-state index contributed by atoms with van der Waals surface area (Å²) in [4.78, 5) is 29.7. The first kappa shape index (κ1) is 21.3. The van der Waals surface area contributed by atoms with E-state index in [1.54, 1.807) is 62.0 Å². The van der Waals surface area contributed by atoms with Gasteiger partial charge in [-0.05, 0) is 62.2 Å². The van der Waals surface area contributed by atoms with Crippen molar-refractivity contribution in [3.8, 4) is 5.75 Å². The Bertz CT molecular complexity index is 1200. The van der Waals surface area contributed by atoms with Crippen LogP contribution in [0.2, 0.25) is 0 Å². The van der Waals surface area contributed by atoms with E-state index in [2.05, 4.69) is 29.5 Å². The molecule has 0 aliphatic carbocycles. The molecule has 162 valence electrons. The average molecular weight is 428 g/mol. The second kappa shape index (κ2) is 8.67. The van der Waals surface area contributed by atoms with E-state index in [1.165, 1.54) is 0 Å². The molecule has 6 heteroatoms. The summed E-state index contributed by atoms with van der Waals surface area (Å²) in [5, 5.41) is 6.28. The third-order valence-electron chi connectivity index (χ3n) is 5.34. The molecule has 6 nitrogen and oxygen atoms in total. The number of rotatable bonds is 5. The minimum atomic E-state index is -0.287. The molecule has 1 aliphatic heterocycles. The number of aromatic nitrogens is 1. The fraction of sp³-hybridized carbons (Fsp3) is 0.192. The van der Waals surface area contributed by atoms with E-state index in [9.17, 15) is 9.59 Å². The molecule has 1 amide bonds. The van der Waals surface area contributed by atoms with Crippen LogP contribution >= 0.6 is 0 Å². The SMILES string of the molecule is COc1ccc2c(c1)C(=CC(=O)c1cccc(C(=O)Nc3ccncc3)c1)NC(C)(C)C2. The number of amides is 1. The smallest absolute Gasteiger partial charge is 0.255 e. The molecule has 0 atom stereocenters. The number of benzene rings is 2. The fourth-order valence-corrected chi connectivity index (χ4v) is 3.82. The minimum absolute atomic E-state index is 0.183. The number of nitrogens with one attached hydrogen (secondary N) is 2. The third-order valence-corrected chi connectivity index (χ3v) is 5.34. The Morgan fingerprint density at radius 2 is 1.81 bits per heavy atom. The number of hydrogen-bond donors (Lipinski definition) is 2. The second-order valence-corrected chi connectivity index (χ2v) is 8.40. The van der Waals surface area contributed by atoms with Crippen molar-refractivity contribution in [3.05, 3.63) is 95.3 Å². The van der Waals surface area contributed by atoms with Crippen molar-refractivity contribution in [3.63, 3.8) is 0 Å². The predicted molar refractivity (Wildman–Crippen MR) is 125 cm³/mol. The number of carbonyl (C=O) groups excluding carboxylic acids is 2. The average Bonchev–Trinajstić information content (AvgIpc) is 2.79. The van der Waals surface area contributed by atoms with Crippen LogP contribution in [0.5, 0.6) is 5.75 Å². The molecule has 4 rings (SSSR count). The zero-order valence-electron chi connectivity index (χ0n) is 18.3. The van der Waals surface area contributed by atoms with E-state index in [4.69, 9.17) is 4.74 Å². The highest BCUT2D eigenvalue weighted by Crippen LogP contribution is 2.32. The van der Waals surface area contributed by atoms with Gasteiger partial charge in [-0.3, -0.25) is 14.6 Å². The van der Waals surface area contributed by atoms with Gasteiger partial charge in [-0.15, -0.1) is 0 Å². The number of ketones is 1. The molecule has 0 unspecified atom stereocenters. The van der Waals surface area contributed by atoms with Crippen molar-refractivity contribution in [2.24, 2.45) is 0 Å². The molecule has 0 spiro atoms. The van der Waals surface area contributed by atoms with E-state index in [1.807, 2.05) is 18.2 Å². The maximum atomic E-state index is 13.1. The number of nitrogens with zero attached hydrogens (tertiary/aromatic N) is 1. The van der Waals surface area contributed by atoms with Gasteiger partial charge < -0.3 is 15.4 Å². The molecule has 0 radical (unpaired) electrons. The van der Waals surface area contributed by atoms with Crippen LogP contribution in [0.3, 0.4) is 0 Å². The highest BCUT2D eigenvalue weighted by Gasteiger charge is 2.28. The molecule has 0 fully saturated rings. The first-order chi connectivity index (χ1) is 15.3. The van der Waals surface area contributed by atoms with Crippen molar-refractivity contribution in [2.45, 2.75) is 25.8 Å². The monoisotopic (exact) mass is 427 g/mol. The second-order valence-electron chi connectivity index (χ2n) is 8.40. The highest BCUT2D eigenvalue weighted by molar-refractivity contribution is 6.11. The minimum Gasteiger partial charge on any atom is -0.497 e. The fourth-order valence-electron chi connectivity index (χ4n) is 3.82. The van der Waals surface area contributed by atoms with Crippen molar-refractivity contribution in [1.29, 1.82) is 0 Å². The number of pyridine rings is 1. The number of anilines is 1. The Balaban J connectivity index is 1.63. The summed E-state index contributed by atoms with van der Waals surface area (Å²) in [5.41, 5.74) is 4.14. The lowest BCUT2D eigenvalue weighted by atomic mass is 9.85. The van der Waals surface area contributed by atoms with E-state index < -0.39 is 0 Å². The number of methoxy groups -OCH3 is 1. The summed E-state index contributed by atoms with van der Waals surface area (Å²) >= 11 is 0. The lowest BCUT2D eigenvalue weighted by Crippen LogP contribution is -2.43. The Morgan fingerprint density at radius 3 is 2.56 bits per heavy atom. The zero-order valence-corrected chi connectivity index (χ0v) is 18.3. The molecule has 3 aromatic rings. The van der Waals surface area contributed by atoms with Gasteiger partial charge in [0.05, 0.1) is 7.11 Å². The molecule has 2 heterocycles. The standard InChI is InChI=1S/C26H25N3O3/c1-26(2)16-19-7-8-21(32-3)14-22(19)23(29-26)15-24(30)17-5-4-6-18(13-17)25(31)28-20-9-11-27-12-10-20/h4-15,29H,16H2,1-3H3,(H,27,28,31). The number of fused-ring (bicyclic) bond motifs is 1. The van der Waals surface area contributed by atoms with Crippen molar-refractivity contribution in [1.82, 2.24) is 10.3 Å². The van der Waals surface area contributed by atoms with Gasteiger partial charge in [0.15, 0.2) is 5.78 Å². The van der Waals surface area contributed by atoms with Gasteiger partial charge in [-0.1, -0.05) is 18.2 Å². The molecule has 0 bridgehead atoms.